The lowest BCUT2D eigenvalue weighted by Gasteiger charge is -2.01. The fourth-order valence-electron chi connectivity index (χ4n) is 1.23. The fraction of sp³-hybridized carbons (Fsp3) is 0.0909. The molecule has 8 heteroatoms. The van der Waals surface area contributed by atoms with Crippen LogP contribution in [0.3, 0.4) is 0 Å². The molecule has 100 valence electrons. The Labute approximate surface area is 115 Å². The molecule has 0 saturated heterocycles. The highest BCUT2D eigenvalue weighted by Crippen LogP contribution is 2.32. The van der Waals surface area contributed by atoms with Crippen LogP contribution in [0.25, 0.3) is 0 Å². The van der Waals surface area contributed by atoms with E-state index in [0.29, 0.717) is 6.07 Å². The Morgan fingerprint density at radius 3 is 2.53 bits per heavy atom. The number of hydrogen-bond donors (Lipinski definition) is 0. The van der Waals surface area contributed by atoms with Gasteiger partial charge in [-0.25, -0.2) is 13.6 Å². The number of thiazole rings is 1. The van der Waals surface area contributed by atoms with Gasteiger partial charge in [0, 0.05) is 18.2 Å². The van der Waals surface area contributed by atoms with Crippen LogP contribution in [0.4, 0.5) is 8.78 Å². The van der Waals surface area contributed by atoms with Gasteiger partial charge in [0.25, 0.3) is 5.19 Å². The summed E-state index contributed by atoms with van der Waals surface area (Å²) in [5.74, 6) is -2.32. The van der Waals surface area contributed by atoms with E-state index >= 15 is 0 Å². The SMILES string of the molecule is COC(=O)c1sc(Oc2cc(F)cc(F)c2)nc1Cl. The standard InChI is InChI=1S/C11H6ClF2NO3S/c1-17-10(16)8-9(12)15-11(19-8)18-7-3-5(13)2-6(14)4-7/h2-4H,1H3. The molecule has 0 spiro atoms. The monoisotopic (exact) mass is 305 g/mol. The lowest BCUT2D eigenvalue weighted by Crippen LogP contribution is -1.98. The maximum atomic E-state index is 13.0. The average Bonchev–Trinajstić information content (AvgIpc) is 2.68. The Bertz CT molecular complexity index is 612. The molecule has 4 nitrogen and oxygen atoms in total. The summed E-state index contributed by atoms with van der Waals surface area (Å²) >= 11 is 6.53. The molecule has 1 aromatic carbocycles. The van der Waals surface area contributed by atoms with E-state index in [0.717, 1.165) is 23.5 Å². The summed E-state index contributed by atoms with van der Waals surface area (Å²) in [7, 11) is 1.20. The smallest absolute Gasteiger partial charge is 0.351 e. The second-order valence-electron chi connectivity index (χ2n) is 3.30. The van der Waals surface area contributed by atoms with Crippen molar-refractivity contribution < 1.29 is 23.0 Å². The Morgan fingerprint density at radius 1 is 1.32 bits per heavy atom. The second kappa shape index (κ2) is 5.50. The Balaban J connectivity index is 2.26. The molecule has 0 aliphatic carbocycles. The predicted molar refractivity (Wildman–Crippen MR) is 64.9 cm³/mol. The van der Waals surface area contributed by atoms with Gasteiger partial charge in [-0.3, -0.25) is 0 Å². The van der Waals surface area contributed by atoms with Crippen molar-refractivity contribution >= 4 is 28.9 Å². The molecule has 0 radical (unpaired) electrons. The van der Waals surface area contributed by atoms with E-state index in [-0.39, 0.29) is 21.0 Å². The van der Waals surface area contributed by atoms with Gasteiger partial charge < -0.3 is 9.47 Å². The van der Waals surface area contributed by atoms with Gasteiger partial charge in [0.1, 0.15) is 17.4 Å². The number of hydrogen-bond acceptors (Lipinski definition) is 5. The summed E-state index contributed by atoms with van der Waals surface area (Å²) in [6, 6.07) is 2.67. The molecule has 0 aliphatic rings. The third kappa shape index (κ3) is 3.18. The predicted octanol–water partition coefficient (Wildman–Crippen LogP) is 3.65. The van der Waals surface area contributed by atoms with Crippen molar-refractivity contribution in [2.45, 2.75) is 0 Å². The summed E-state index contributed by atoms with van der Waals surface area (Å²) in [6.45, 7) is 0. The number of ether oxygens (including phenoxy) is 2. The molecule has 0 aliphatic heterocycles. The van der Waals surface area contributed by atoms with Crippen LogP contribution in [-0.4, -0.2) is 18.1 Å². The molecule has 1 aromatic heterocycles. The molecule has 1 heterocycles. The number of halogens is 3. The quantitative estimate of drug-likeness (QED) is 0.812. The van der Waals surface area contributed by atoms with Crippen LogP contribution in [0, 0.1) is 11.6 Å². The Hall–Kier alpha value is -1.73. The number of carbonyl (C=O) groups is 1. The topological polar surface area (TPSA) is 48.4 Å². The van der Waals surface area contributed by atoms with E-state index in [4.69, 9.17) is 16.3 Å². The van der Waals surface area contributed by atoms with Gasteiger partial charge in [-0.1, -0.05) is 22.9 Å². The molecule has 0 saturated carbocycles. The molecule has 2 rings (SSSR count). The highest BCUT2D eigenvalue weighted by atomic mass is 35.5. The average molecular weight is 306 g/mol. The first-order valence-corrected chi connectivity index (χ1v) is 6.07. The maximum Gasteiger partial charge on any atom is 0.351 e. The summed E-state index contributed by atoms with van der Waals surface area (Å²) < 4.78 is 35.5. The highest BCUT2D eigenvalue weighted by Gasteiger charge is 2.18. The summed E-state index contributed by atoms with van der Waals surface area (Å²) in [5.41, 5.74) is 0. The van der Waals surface area contributed by atoms with Gasteiger partial charge in [-0.2, -0.15) is 4.98 Å². The minimum absolute atomic E-state index is 0.0181. The zero-order chi connectivity index (χ0) is 14.0. The van der Waals surface area contributed by atoms with Crippen molar-refractivity contribution in [3.63, 3.8) is 0 Å². The number of benzene rings is 1. The van der Waals surface area contributed by atoms with Crippen LogP contribution in [0.5, 0.6) is 10.9 Å². The zero-order valence-electron chi connectivity index (χ0n) is 9.45. The molecular formula is C11H6ClF2NO3S. The van der Waals surface area contributed by atoms with Gasteiger partial charge in [0.05, 0.1) is 7.11 Å². The van der Waals surface area contributed by atoms with Gasteiger partial charge in [0.15, 0.2) is 10.0 Å². The first kappa shape index (κ1) is 13.7. The van der Waals surface area contributed by atoms with E-state index < -0.39 is 17.6 Å². The summed E-state index contributed by atoms with van der Waals surface area (Å²) in [5, 5.41) is -0.112. The number of aromatic nitrogens is 1. The number of esters is 1. The molecule has 0 unspecified atom stereocenters. The number of rotatable bonds is 3. The van der Waals surface area contributed by atoms with E-state index in [1.165, 1.54) is 7.11 Å². The molecule has 0 bridgehead atoms. The number of carbonyl (C=O) groups excluding carboxylic acids is 1. The Morgan fingerprint density at radius 2 is 1.95 bits per heavy atom. The van der Waals surface area contributed by atoms with E-state index in [9.17, 15) is 13.6 Å². The van der Waals surface area contributed by atoms with E-state index in [1.807, 2.05) is 0 Å². The van der Waals surface area contributed by atoms with Crippen molar-refractivity contribution in [3.8, 4) is 10.9 Å². The highest BCUT2D eigenvalue weighted by molar-refractivity contribution is 7.15. The van der Waals surface area contributed by atoms with Crippen LogP contribution in [0.15, 0.2) is 18.2 Å². The van der Waals surface area contributed by atoms with Crippen molar-refractivity contribution in [2.24, 2.45) is 0 Å². The van der Waals surface area contributed by atoms with Crippen LogP contribution in [-0.2, 0) is 4.74 Å². The van der Waals surface area contributed by atoms with E-state index in [1.54, 1.807) is 0 Å². The minimum atomic E-state index is -0.786. The molecule has 0 amide bonds. The van der Waals surface area contributed by atoms with Crippen molar-refractivity contribution in [2.75, 3.05) is 7.11 Å². The molecule has 2 aromatic rings. The van der Waals surface area contributed by atoms with Crippen molar-refractivity contribution in [3.05, 3.63) is 39.9 Å². The van der Waals surface area contributed by atoms with Crippen LogP contribution < -0.4 is 4.74 Å². The third-order valence-electron chi connectivity index (χ3n) is 1.98. The number of nitrogens with zero attached hydrogens (tertiary/aromatic N) is 1. The lowest BCUT2D eigenvalue weighted by atomic mass is 10.3. The van der Waals surface area contributed by atoms with Crippen molar-refractivity contribution in [1.82, 2.24) is 4.98 Å². The lowest BCUT2D eigenvalue weighted by molar-refractivity contribution is 0.0606. The largest absolute Gasteiger partial charge is 0.465 e. The van der Waals surface area contributed by atoms with Gasteiger partial charge in [-0.15, -0.1) is 0 Å². The molecular weight excluding hydrogens is 300 g/mol. The molecule has 0 atom stereocenters. The molecule has 0 N–H and O–H groups in total. The maximum absolute atomic E-state index is 13.0. The van der Waals surface area contributed by atoms with Gasteiger partial charge in [-0.05, 0) is 0 Å². The summed E-state index contributed by atoms with van der Waals surface area (Å²) in [6.07, 6.45) is 0. The van der Waals surface area contributed by atoms with Gasteiger partial charge >= 0.3 is 5.97 Å². The normalized spacial score (nSPS) is 10.3. The first-order chi connectivity index (χ1) is 8.99. The van der Waals surface area contributed by atoms with Crippen molar-refractivity contribution in [1.29, 1.82) is 0 Å². The molecule has 0 fully saturated rings. The second-order valence-corrected chi connectivity index (χ2v) is 4.62. The number of methoxy groups -OCH3 is 1. The third-order valence-corrected chi connectivity index (χ3v) is 3.28. The zero-order valence-corrected chi connectivity index (χ0v) is 11.0. The van der Waals surface area contributed by atoms with E-state index in [2.05, 4.69) is 9.72 Å². The summed E-state index contributed by atoms with van der Waals surface area (Å²) in [4.78, 5) is 15.1. The molecule has 19 heavy (non-hydrogen) atoms. The van der Waals surface area contributed by atoms with Crippen LogP contribution >= 0.6 is 22.9 Å². The minimum Gasteiger partial charge on any atom is -0.465 e. The Kier molecular flexibility index (Phi) is 3.96. The van der Waals surface area contributed by atoms with Crippen LogP contribution in [0.2, 0.25) is 5.15 Å². The van der Waals surface area contributed by atoms with Crippen LogP contribution in [0.1, 0.15) is 9.67 Å². The fourth-order valence-corrected chi connectivity index (χ4v) is 2.30. The first-order valence-electron chi connectivity index (χ1n) is 4.88. The van der Waals surface area contributed by atoms with Gasteiger partial charge in [0.2, 0.25) is 0 Å².